The van der Waals surface area contributed by atoms with Crippen LogP contribution in [-0.4, -0.2) is 28.7 Å². The summed E-state index contributed by atoms with van der Waals surface area (Å²) < 4.78 is 7.08. The Kier molecular flexibility index (Phi) is 4.89. The molecule has 0 aliphatic rings. The molecule has 0 fully saturated rings. The number of hydrogen-bond donors (Lipinski definition) is 1. The Morgan fingerprint density at radius 1 is 1.38 bits per heavy atom. The fraction of sp³-hybridized carbons (Fsp3) is 0.818. The van der Waals surface area contributed by atoms with Gasteiger partial charge in [-0.15, -0.1) is 5.10 Å². The van der Waals surface area contributed by atoms with Crippen LogP contribution in [0.15, 0.2) is 0 Å². The first kappa shape index (κ1) is 13.1. The SMILES string of the molecule is COCCc1c(CN)nnn1C(C)C(C)C. The van der Waals surface area contributed by atoms with E-state index in [1.165, 1.54) is 0 Å². The van der Waals surface area contributed by atoms with E-state index < -0.39 is 0 Å². The summed E-state index contributed by atoms with van der Waals surface area (Å²) >= 11 is 0. The Bertz CT molecular complexity index is 322. The van der Waals surface area contributed by atoms with Crippen LogP contribution in [0.3, 0.4) is 0 Å². The van der Waals surface area contributed by atoms with Gasteiger partial charge >= 0.3 is 0 Å². The van der Waals surface area contributed by atoms with Crippen LogP contribution in [0.4, 0.5) is 0 Å². The van der Waals surface area contributed by atoms with Gasteiger partial charge in [0.1, 0.15) is 0 Å². The lowest BCUT2D eigenvalue weighted by atomic mass is 10.1. The van der Waals surface area contributed by atoms with Crippen molar-refractivity contribution < 1.29 is 4.74 Å². The lowest BCUT2D eigenvalue weighted by Crippen LogP contribution is -2.17. The van der Waals surface area contributed by atoms with Crippen LogP contribution in [0.25, 0.3) is 0 Å². The molecule has 1 unspecified atom stereocenters. The highest BCUT2D eigenvalue weighted by molar-refractivity contribution is 5.11. The summed E-state index contributed by atoms with van der Waals surface area (Å²) in [6.07, 6.45) is 0.813. The van der Waals surface area contributed by atoms with Crippen molar-refractivity contribution in [3.05, 3.63) is 11.4 Å². The highest BCUT2D eigenvalue weighted by atomic mass is 16.5. The van der Waals surface area contributed by atoms with Crippen molar-refractivity contribution in [2.45, 2.75) is 39.8 Å². The molecule has 0 aliphatic carbocycles. The van der Waals surface area contributed by atoms with Crippen LogP contribution in [0.5, 0.6) is 0 Å². The molecule has 1 rings (SSSR count). The standard InChI is InChI=1S/C11H22N4O/c1-8(2)9(3)15-11(5-6-16-4)10(7-12)13-14-15/h8-9H,5-7,12H2,1-4H3. The fourth-order valence-corrected chi connectivity index (χ4v) is 1.57. The molecule has 0 saturated heterocycles. The minimum Gasteiger partial charge on any atom is -0.384 e. The van der Waals surface area contributed by atoms with Gasteiger partial charge in [0.2, 0.25) is 0 Å². The normalized spacial score (nSPS) is 13.4. The Morgan fingerprint density at radius 2 is 2.06 bits per heavy atom. The quantitative estimate of drug-likeness (QED) is 0.790. The first-order chi connectivity index (χ1) is 7.61. The highest BCUT2D eigenvalue weighted by Crippen LogP contribution is 2.19. The maximum atomic E-state index is 5.66. The number of methoxy groups -OCH3 is 1. The van der Waals surface area contributed by atoms with E-state index in [0.29, 0.717) is 25.1 Å². The molecule has 0 aliphatic heterocycles. The number of hydrogen-bond acceptors (Lipinski definition) is 4. The first-order valence-electron chi connectivity index (χ1n) is 5.73. The largest absolute Gasteiger partial charge is 0.384 e. The third-order valence-electron chi connectivity index (χ3n) is 2.96. The average molecular weight is 226 g/mol. The second-order valence-electron chi connectivity index (χ2n) is 4.36. The maximum absolute atomic E-state index is 5.66. The van der Waals surface area contributed by atoms with Crippen molar-refractivity contribution in [2.24, 2.45) is 11.7 Å². The summed E-state index contributed by atoms with van der Waals surface area (Å²) in [5, 5.41) is 8.32. The summed E-state index contributed by atoms with van der Waals surface area (Å²) in [6.45, 7) is 7.61. The van der Waals surface area contributed by atoms with E-state index in [0.717, 1.165) is 17.8 Å². The lowest BCUT2D eigenvalue weighted by molar-refractivity contribution is 0.198. The maximum Gasteiger partial charge on any atom is 0.0995 e. The van der Waals surface area contributed by atoms with E-state index >= 15 is 0 Å². The molecule has 5 nitrogen and oxygen atoms in total. The smallest absolute Gasteiger partial charge is 0.0995 e. The van der Waals surface area contributed by atoms with Gasteiger partial charge in [-0.2, -0.15) is 0 Å². The molecule has 0 aromatic carbocycles. The van der Waals surface area contributed by atoms with Crippen LogP contribution in [0, 0.1) is 5.92 Å². The lowest BCUT2D eigenvalue weighted by Gasteiger charge is -2.18. The molecule has 5 heteroatoms. The molecule has 0 spiro atoms. The Morgan fingerprint density at radius 3 is 2.56 bits per heavy atom. The molecule has 1 aromatic heterocycles. The number of aromatic nitrogens is 3. The zero-order chi connectivity index (χ0) is 12.1. The van der Waals surface area contributed by atoms with E-state index in [1.807, 2.05) is 4.68 Å². The van der Waals surface area contributed by atoms with Gasteiger partial charge in [-0.25, -0.2) is 4.68 Å². The van der Waals surface area contributed by atoms with Gasteiger partial charge in [0.15, 0.2) is 0 Å². The van der Waals surface area contributed by atoms with Gasteiger partial charge in [0.05, 0.1) is 24.0 Å². The molecule has 0 amide bonds. The predicted molar refractivity (Wildman–Crippen MR) is 63.0 cm³/mol. The minimum atomic E-state index is 0.333. The van der Waals surface area contributed by atoms with Gasteiger partial charge < -0.3 is 10.5 Å². The van der Waals surface area contributed by atoms with Gasteiger partial charge in [0, 0.05) is 20.1 Å². The van der Waals surface area contributed by atoms with E-state index in [9.17, 15) is 0 Å². The Hall–Kier alpha value is -0.940. The summed E-state index contributed by atoms with van der Waals surface area (Å²) in [5.41, 5.74) is 7.64. The van der Waals surface area contributed by atoms with Gasteiger partial charge in [-0.1, -0.05) is 19.1 Å². The summed E-state index contributed by atoms with van der Waals surface area (Å²) in [6, 6.07) is 0.333. The molecule has 1 heterocycles. The number of ether oxygens (including phenoxy) is 1. The first-order valence-corrected chi connectivity index (χ1v) is 5.73. The molecule has 92 valence electrons. The Balaban J connectivity index is 2.94. The Labute approximate surface area is 97.0 Å². The van der Waals surface area contributed by atoms with Gasteiger partial charge in [-0.3, -0.25) is 0 Å². The number of nitrogens with two attached hydrogens (primary N) is 1. The van der Waals surface area contributed by atoms with Crippen LogP contribution in [0.1, 0.15) is 38.2 Å². The number of nitrogens with zero attached hydrogens (tertiary/aromatic N) is 3. The van der Waals surface area contributed by atoms with Crippen molar-refractivity contribution in [3.63, 3.8) is 0 Å². The van der Waals surface area contributed by atoms with Crippen molar-refractivity contribution >= 4 is 0 Å². The van der Waals surface area contributed by atoms with Crippen LogP contribution >= 0.6 is 0 Å². The molecular formula is C11H22N4O. The topological polar surface area (TPSA) is 66.0 Å². The van der Waals surface area contributed by atoms with Crippen molar-refractivity contribution in [1.29, 1.82) is 0 Å². The van der Waals surface area contributed by atoms with E-state index in [-0.39, 0.29) is 0 Å². The third kappa shape index (κ3) is 2.80. The van der Waals surface area contributed by atoms with Crippen LogP contribution in [0.2, 0.25) is 0 Å². The van der Waals surface area contributed by atoms with Gasteiger partial charge in [0.25, 0.3) is 0 Å². The van der Waals surface area contributed by atoms with Crippen molar-refractivity contribution in [3.8, 4) is 0 Å². The molecule has 0 radical (unpaired) electrons. The second kappa shape index (κ2) is 5.96. The molecule has 1 aromatic rings. The van der Waals surface area contributed by atoms with Gasteiger partial charge in [-0.05, 0) is 12.8 Å². The summed E-state index contributed by atoms with van der Waals surface area (Å²) in [7, 11) is 1.70. The molecule has 0 bridgehead atoms. The fourth-order valence-electron chi connectivity index (χ4n) is 1.57. The zero-order valence-corrected chi connectivity index (χ0v) is 10.6. The summed E-state index contributed by atoms with van der Waals surface area (Å²) in [4.78, 5) is 0. The van der Waals surface area contributed by atoms with Crippen molar-refractivity contribution in [1.82, 2.24) is 15.0 Å². The predicted octanol–water partition coefficient (Wildman–Crippen LogP) is 1.14. The monoisotopic (exact) mass is 226 g/mol. The van der Waals surface area contributed by atoms with E-state index in [4.69, 9.17) is 10.5 Å². The minimum absolute atomic E-state index is 0.333. The van der Waals surface area contributed by atoms with E-state index in [1.54, 1.807) is 7.11 Å². The molecule has 1 atom stereocenters. The third-order valence-corrected chi connectivity index (χ3v) is 2.96. The second-order valence-corrected chi connectivity index (χ2v) is 4.36. The summed E-state index contributed by atoms with van der Waals surface area (Å²) in [5.74, 6) is 0.522. The number of rotatable bonds is 6. The highest BCUT2D eigenvalue weighted by Gasteiger charge is 2.18. The average Bonchev–Trinajstić information content (AvgIpc) is 2.67. The van der Waals surface area contributed by atoms with Crippen LogP contribution < -0.4 is 5.73 Å². The zero-order valence-electron chi connectivity index (χ0n) is 10.6. The van der Waals surface area contributed by atoms with Crippen LogP contribution in [-0.2, 0) is 17.7 Å². The van der Waals surface area contributed by atoms with Crippen molar-refractivity contribution in [2.75, 3.05) is 13.7 Å². The molecule has 16 heavy (non-hydrogen) atoms. The molecule has 2 N–H and O–H groups in total. The van der Waals surface area contributed by atoms with E-state index in [2.05, 4.69) is 31.1 Å². The molecular weight excluding hydrogens is 204 g/mol. The molecule has 0 saturated carbocycles.